The smallest absolute Gasteiger partial charge is 0.379 e. The Morgan fingerprint density at radius 1 is 1.32 bits per heavy atom. The predicted molar refractivity (Wildman–Crippen MR) is 78.0 cm³/mol. The second kappa shape index (κ2) is 6.29. The van der Waals surface area contributed by atoms with Gasteiger partial charge in [0.25, 0.3) is 0 Å². The van der Waals surface area contributed by atoms with Gasteiger partial charge in [-0.1, -0.05) is 16.5 Å². The third kappa shape index (κ3) is 3.80. The van der Waals surface area contributed by atoms with Crippen molar-refractivity contribution in [1.82, 2.24) is 0 Å². The largest absolute Gasteiger partial charge is 0.591 e. The van der Waals surface area contributed by atoms with E-state index in [0.717, 1.165) is 6.07 Å². The second-order valence-electron chi connectivity index (χ2n) is 5.58. The lowest BCUT2D eigenvalue weighted by molar-refractivity contribution is -0.166. The number of carboxylic acids is 1. The van der Waals surface area contributed by atoms with Crippen molar-refractivity contribution >= 4 is 23.0 Å². The number of benzene rings is 1. The van der Waals surface area contributed by atoms with Gasteiger partial charge in [-0.3, -0.25) is 0 Å². The van der Waals surface area contributed by atoms with Crippen molar-refractivity contribution in [3.05, 3.63) is 35.1 Å². The van der Waals surface area contributed by atoms with Crippen molar-refractivity contribution in [2.45, 2.75) is 38.4 Å². The zero-order valence-corrected chi connectivity index (χ0v) is 13.3. The minimum atomic E-state index is -4.36. The van der Waals surface area contributed by atoms with Crippen LogP contribution in [0.2, 0.25) is 0 Å². The van der Waals surface area contributed by atoms with Crippen molar-refractivity contribution in [3.8, 4) is 0 Å². The summed E-state index contributed by atoms with van der Waals surface area (Å²) >= 11 is -1.70. The average Bonchev–Trinajstić information content (AvgIpc) is 2.37. The average molecular weight is 335 g/mol. The molecule has 0 fully saturated rings. The fraction of sp³-hybridized carbons (Fsp3) is 0.429. The van der Waals surface area contributed by atoms with E-state index in [1.807, 2.05) is 0 Å². The summed E-state index contributed by atoms with van der Waals surface area (Å²) in [5, 5.41) is 8.51. The van der Waals surface area contributed by atoms with Gasteiger partial charge in [0.1, 0.15) is 21.9 Å². The van der Waals surface area contributed by atoms with Crippen LogP contribution >= 0.6 is 0 Å². The third-order valence-electron chi connectivity index (χ3n) is 2.74. The van der Waals surface area contributed by atoms with Crippen molar-refractivity contribution in [2.24, 2.45) is 4.40 Å². The molecule has 1 atom stereocenters. The SMILES string of the molecule is CC(=N[S@+]([O-])C(C)(C)C)c1cccc(C(F)(F)C(=O)O)c1F. The van der Waals surface area contributed by atoms with Crippen LogP contribution < -0.4 is 0 Å². The quantitative estimate of drug-likeness (QED) is 0.678. The lowest BCUT2D eigenvalue weighted by Gasteiger charge is -2.19. The minimum Gasteiger partial charge on any atom is -0.591 e. The van der Waals surface area contributed by atoms with E-state index in [9.17, 15) is 22.5 Å². The van der Waals surface area contributed by atoms with E-state index in [1.54, 1.807) is 20.8 Å². The molecule has 0 bridgehead atoms. The number of hydrogen-bond acceptors (Lipinski definition) is 3. The molecule has 1 aromatic carbocycles. The summed E-state index contributed by atoms with van der Waals surface area (Å²) in [6.07, 6.45) is 0. The van der Waals surface area contributed by atoms with Crippen molar-refractivity contribution in [3.63, 3.8) is 0 Å². The molecule has 0 aromatic heterocycles. The van der Waals surface area contributed by atoms with Crippen LogP contribution in [0, 0.1) is 5.82 Å². The molecule has 22 heavy (non-hydrogen) atoms. The molecule has 4 nitrogen and oxygen atoms in total. The number of alkyl halides is 2. The molecule has 0 unspecified atom stereocenters. The van der Waals surface area contributed by atoms with Crippen LogP contribution in [0.3, 0.4) is 0 Å². The van der Waals surface area contributed by atoms with Gasteiger partial charge >= 0.3 is 11.9 Å². The van der Waals surface area contributed by atoms with E-state index in [0.29, 0.717) is 6.07 Å². The normalized spacial score (nSPS) is 14.8. The number of rotatable bonds is 4. The zero-order valence-electron chi connectivity index (χ0n) is 12.5. The van der Waals surface area contributed by atoms with Crippen LogP contribution in [0.15, 0.2) is 22.6 Å². The highest BCUT2D eigenvalue weighted by Crippen LogP contribution is 2.32. The van der Waals surface area contributed by atoms with Crippen LogP contribution in [-0.4, -0.2) is 26.1 Å². The first-order valence-electron chi connectivity index (χ1n) is 6.27. The number of halogens is 3. The van der Waals surface area contributed by atoms with Crippen LogP contribution in [-0.2, 0) is 22.1 Å². The van der Waals surface area contributed by atoms with Crippen LogP contribution in [0.25, 0.3) is 0 Å². The molecule has 0 heterocycles. The standard InChI is InChI=1S/C14H16F3NO3S/c1-8(18-22(21)13(2,3)4)9-6-5-7-10(11(9)15)14(16,17)12(19)20/h5-7H,1-4H3,(H,19,20)/t22-/m1/s1. The lowest BCUT2D eigenvalue weighted by atomic mass is 10.0. The monoisotopic (exact) mass is 335 g/mol. The summed E-state index contributed by atoms with van der Waals surface area (Å²) in [4.78, 5) is 10.6. The zero-order chi connectivity index (χ0) is 17.3. The number of aliphatic carboxylic acids is 1. The van der Waals surface area contributed by atoms with Crippen molar-refractivity contribution < 1.29 is 27.6 Å². The molecule has 0 saturated heterocycles. The maximum atomic E-state index is 14.2. The van der Waals surface area contributed by atoms with E-state index >= 15 is 0 Å². The van der Waals surface area contributed by atoms with Crippen molar-refractivity contribution in [2.75, 3.05) is 0 Å². The fourth-order valence-corrected chi connectivity index (χ4v) is 2.10. The molecule has 1 aromatic rings. The van der Waals surface area contributed by atoms with E-state index in [1.165, 1.54) is 13.0 Å². The van der Waals surface area contributed by atoms with Gasteiger partial charge in [0.2, 0.25) is 0 Å². The Kier molecular flexibility index (Phi) is 5.30. The number of nitrogens with zero attached hydrogens (tertiary/aromatic N) is 1. The Balaban J connectivity index is 3.35. The predicted octanol–water partition coefficient (Wildman–Crippen LogP) is 3.27. The van der Waals surface area contributed by atoms with Gasteiger partial charge in [0, 0.05) is 5.56 Å². The Bertz CT molecular complexity index is 612. The van der Waals surface area contributed by atoms with Crippen molar-refractivity contribution in [1.29, 1.82) is 0 Å². The Morgan fingerprint density at radius 3 is 2.32 bits per heavy atom. The van der Waals surface area contributed by atoms with Gasteiger partial charge in [-0.05, 0) is 33.8 Å². The maximum absolute atomic E-state index is 14.2. The molecule has 0 aliphatic heterocycles. The molecule has 0 aliphatic rings. The molecule has 0 aliphatic carbocycles. The summed E-state index contributed by atoms with van der Waals surface area (Å²) in [6, 6.07) is 2.97. The van der Waals surface area contributed by atoms with E-state index in [2.05, 4.69) is 4.40 Å². The van der Waals surface area contributed by atoms with Gasteiger partial charge in [-0.15, -0.1) is 0 Å². The first kappa shape index (κ1) is 18.5. The topological polar surface area (TPSA) is 72.7 Å². The molecule has 1 N–H and O–H groups in total. The van der Waals surface area contributed by atoms with Gasteiger partial charge in [-0.2, -0.15) is 8.78 Å². The molecule has 0 radical (unpaired) electrons. The summed E-state index contributed by atoms with van der Waals surface area (Å²) in [5.41, 5.74) is -1.61. The van der Waals surface area contributed by atoms with Crippen LogP contribution in [0.5, 0.6) is 0 Å². The Labute approximate surface area is 129 Å². The fourth-order valence-electron chi connectivity index (χ4n) is 1.48. The highest BCUT2D eigenvalue weighted by molar-refractivity contribution is 7.91. The van der Waals surface area contributed by atoms with Gasteiger partial charge in [0.15, 0.2) is 0 Å². The van der Waals surface area contributed by atoms with Gasteiger partial charge in [-0.25, -0.2) is 9.18 Å². The van der Waals surface area contributed by atoms with Gasteiger partial charge < -0.3 is 9.66 Å². The molecule has 0 amide bonds. The number of carboxylic acid groups (broad SMARTS) is 1. The first-order valence-corrected chi connectivity index (χ1v) is 7.37. The van der Waals surface area contributed by atoms with E-state index in [4.69, 9.17) is 5.11 Å². The minimum absolute atomic E-state index is 0.0474. The Morgan fingerprint density at radius 2 is 1.86 bits per heavy atom. The second-order valence-corrected chi connectivity index (χ2v) is 7.49. The van der Waals surface area contributed by atoms with Gasteiger partial charge in [0.05, 0.1) is 11.3 Å². The third-order valence-corrected chi connectivity index (χ3v) is 4.23. The summed E-state index contributed by atoms with van der Waals surface area (Å²) in [5.74, 6) is -8.19. The maximum Gasteiger partial charge on any atom is 0.379 e. The molecule has 0 saturated carbocycles. The molecular weight excluding hydrogens is 319 g/mol. The summed E-state index contributed by atoms with van der Waals surface area (Å²) in [7, 11) is 0. The molecule has 0 spiro atoms. The van der Waals surface area contributed by atoms with E-state index < -0.39 is 39.4 Å². The van der Waals surface area contributed by atoms with Crippen LogP contribution in [0.4, 0.5) is 13.2 Å². The highest BCUT2D eigenvalue weighted by atomic mass is 32.2. The molecule has 8 heteroatoms. The molecule has 122 valence electrons. The molecular formula is C14H16F3NO3S. The number of hydrogen-bond donors (Lipinski definition) is 1. The Hall–Kier alpha value is -1.54. The first-order chi connectivity index (χ1) is 9.89. The van der Waals surface area contributed by atoms with Crippen LogP contribution in [0.1, 0.15) is 38.8 Å². The highest BCUT2D eigenvalue weighted by Gasteiger charge is 2.44. The lowest BCUT2D eigenvalue weighted by Crippen LogP contribution is -2.28. The molecule has 1 rings (SSSR count). The summed E-state index contributed by atoms with van der Waals surface area (Å²) < 4.78 is 56.2. The van der Waals surface area contributed by atoms with E-state index in [-0.39, 0.29) is 11.3 Å². The number of carbonyl (C=O) groups is 1. The summed E-state index contributed by atoms with van der Waals surface area (Å²) in [6.45, 7) is 6.30.